The van der Waals surface area contributed by atoms with E-state index < -0.39 is 5.60 Å². The number of methoxy groups -OCH3 is 1. The first kappa shape index (κ1) is 31.6. The zero-order valence-corrected chi connectivity index (χ0v) is 22.8. The van der Waals surface area contributed by atoms with Crippen molar-refractivity contribution in [3.8, 4) is 0 Å². The number of amides is 1. The monoisotopic (exact) mass is 425 g/mol. The van der Waals surface area contributed by atoms with E-state index in [4.69, 9.17) is 17.3 Å². The van der Waals surface area contributed by atoms with Crippen LogP contribution in [0.1, 0.15) is 109 Å². The van der Waals surface area contributed by atoms with Crippen LogP contribution in [0.15, 0.2) is 0 Å². The third-order valence-electron chi connectivity index (χ3n) is 4.88. The summed E-state index contributed by atoms with van der Waals surface area (Å²) >= 11 is 0. The molecule has 0 bridgehead atoms. The van der Waals surface area contributed by atoms with Gasteiger partial charge in [-0.05, 0) is 59.8 Å². The van der Waals surface area contributed by atoms with Gasteiger partial charge in [-0.25, -0.2) is 0 Å². The lowest BCUT2D eigenvalue weighted by atomic mass is 9.65. The summed E-state index contributed by atoms with van der Waals surface area (Å²) in [6, 6.07) is 0. The summed E-state index contributed by atoms with van der Waals surface area (Å²) in [6.45, 7) is 28.0. The molecule has 178 valence electrons. The second-order valence-electron chi connectivity index (χ2n) is 12.0. The number of ether oxygens (including phenoxy) is 2. The van der Waals surface area contributed by atoms with Crippen molar-refractivity contribution in [2.24, 2.45) is 5.41 Å². The topological polar surface area (TPSA) is 38.8 Å². The SMILES string of the molecule is CC.[B]C(C)(C)CC(C)(C)N(CC(C)(C)C)C(=O)CC(C)(C)OCCC(C)(C)OC. The van der Waals surface area contributed by atoms with Crippen LogP contribution in [0.4, 0.5) is 0 Å². The van der Waals surface area contributed by atoms with E-state index >= 15 is 0 Å². The molecule has 0 aliphatic rings. The molecule has 2 radical (unpaired) electrons. The number of carbonyl (C=O) groups is 1. The average molecular weight is 426 g/mol. The van der Waals surface area contributed by atoms with Gasteiger partial charge < -0.3 is 14.4 Å². The molecule has 0 rings (SSSR count). The van der Waals surface area contributed by atoms with Gasteiger partial charge in [-0.1, -0.05) is 53.8 Å². The normalized spacial score (nSPS) is 13.5. The molecule has 1 amide bonds. The third kappa shape index (κ3) is 14.5. The van der Waals surface area contributed by atoms with E-state index in [-0.39, 0.29) is 27.8 Å². The van der Waals surface area contributed by atoms with Gasteiger partial charge in [0.15, 0.2) is 0 Å². The molecule has 0 atom stereocenters. The number of hydrogen-bond acceptors (Lipinski definition) is 3. The van der Waals surface area contributed by atoms with Gasteiger partial charge in [-0.2, -0.15) is 0 Å². The quantitative estimate of drug-likeness (QED) is 0.358. The average Bonchev–Trinajstić information content (AvgIpc) is 2.50. The van der Waals surface area contributed by atoms with Gasteiger partial charge in [0.1, 0.15) is 0 Å². The Hall–Kier alpha value is -0.545. The molecule has 0 N–H and O–H groups in total. The highest BCUT2D eigenvalue weighted by molar-refractivity contribution is 6.14. The molecule has 0 saturated heterocycles. The molecule has 5 heteroatoms. The number of carbonyl (C=O) groups excluding carboxylic acids is 1. The Balaban J connectivity index is 0. The minimum absolute atomic E-state index is 0.000833. The predicted molar refractivity (Wildman–Crippen MR) is 131 cm³/mol. The Morgan fingerprint density at radius 2 is 1.33 bits per heavy atom. The van der Waals surface area contributed by atoms with Gasteiger partial charge >= 0.3 is 0 Å². The minimum Gasteiger partial charge on any atom is -0.379 e. The molecule has 0 heterocycles. The molecule has 0 fully saturated rings. The second-order valence-corrected chi connectivity index (χ2v) is 12.0. The van der Waals surface area contributed by atoms with Gasteiger partial charge in [0.2, 0.25) is 5.91 Å². The van der Waals surface area contributed by atoms with Crippen LogP contribution in [0.2, 0.25) is 5.31 Å². The van der Waals surface area contributed by atoms with Crippen LogP contribution >= 0.6 is 0 Å². The highest BCUT2D eigenvalue weighted by atomic mass is 16.5. The van der Waals surface area contributed by atoms with Crippen molar-refractivity contribution in [2.75, 3.05) is 20.3 Å². The maximum Gasteiger partial charge on any atom is 0.225 e. The summed E-state index contributed by atoms with van der Waals surface area (Å²) in [4.78, 5) is 15.4. The van der Waals surface area contributed by atoms with E-state index in [0.29, 0.717) is 19.6 Å². The first-order chi connectivity index (χ1) is 13.2. The molecule has 0 aliphatic carbocycles. The molecular formula is C25H52BNO3. The highest BCUT2D eigenvalue weighted by Crippen LogP contribution is 2.37. The molecular weight excluding hydrogens is 373 g/mol. The minimum atomic E-state index is -0.536. The van der Waals surface area contributed by atoms with Crippen molar-refractivity contribution in [2.45, 2.75) is 131 Å². The molecule has 30 heavy (non-hydrogen) atoms. The van der Waals surface area contributed by atoms with Crippen LogP contribution in [0.25, 0.3) is 0 Å². The first-order valence-electron chi connectivity index (χ1n) is 11.5. The van der Waals surface area contributed by atoms with Crippen molar-refractivity contribution in [1.82, 2.24) is 4.90 Å². The summed E-state index contributed by atoms with van der Waals surface area (Å²) in [5.41, 5.74) is -1.10. The molecule has 0 aromatic rings. The number of hydrogen-bond donors (Lipinski definition) is 0. The third-order valence-corrected chi connectivity index (χ3v) is 4.88. The number of rotatable bonds is 11. The fourth-order valence-corrected chi connectivity index (χ4v) is 3.51. The van der Waals surface area contributed by atoms with Crippen molar-refractivity contribution in [3.05, 3.63) is 0 Å². The summed E-state index contributed by atoms with van der Waals surface area (Å²) in [5, 5.41) is -0.350. The Kier molecular flexibility index (Phi) is 12.6. The van der Waals surface area contributed by atoms with E-state index in [9.17, 15) is 4.79 Å². The molecule has 0 spiro atoms. The Labute approximate surface area is 190 Å². The molecule has 0 aromatic heterocycles. The van der Waals surface area contributed by atoms with Crippen molar-refractivity contribution >= 4 is 13.8 Å². The summed E-state index contributed by atoms with van der Waals surface area (Å²) < 4.78 is 11.5. The lowest BCUT2D eigenvalue weighted by molar-refractivity contribution is -0.146. The van der Waals surface area contributed by atoms with Crippen LogP contribution in [0.3, 0.4) is 0 Å². The van der Waals surface area contributed by atoms with Crippen LogP contribution in [-0.2, 0) is 14.3 Å². The predicted octanol–water partition coefficient (Wildman–Crippen LogP) is 6.42. The van der Waals surface area contributed by atoms with E-state index in [2.05, 4.69) is 34.6 Å². The van der Waals surface area contributed by atoms with Crippen LogP contribution in [0, 0.1) is 5.41 Å². The van der Waals surface area contributed by atoms with Gasteiger partial charge in [0.25, 0.3) is 0 Å². The maximum absolute atomic E-state index is 13.4. The van der Waals surface area contributed by atoms with Crippen molar-refractivity contribution in [1.29, 1.82) is 0 Å². The molecule has 0 saturated carbocycles. The van der Waals surface area contributed by atoms with Crippen molar-refractivity contribution < 1.29 is 14.3 Å². The summed E-state index contributed by atoms with van der Waals surface area (Å²) in [6.07, 6.45) is 1.84. The van der Waals surface area contributed by atoms with E-state index in [1.165, 1.54) is 0 Å². The van der Waals surface area contributed by atoms with Crippen molar-refractivity contribution in [3.63, 3.8) is 0 Å². The lowest BCUT2D eigenvalue weighted by Gasteiger charge is -2.46. The van der Waals surface area contributed by atoms with Crippen LogP contribution in [0.5, 0.6) is 0 Å². The second kappa shape index (κ2) is 11.9. The number of nitrogens with zero attached hydrogens (tertiary/aromatic N) is 1. The zero-order valence-electron chi connectivity index (χ0n) is 22.8. The van der Waals surface area contributed by atoms with Crippen LogP contribution in [-0.4, -0.2) is 55.7 Å². The van der Waals surface area contributed by atoms with Gasteiger partial charge in [0, 0.05) is 19.2 Å². The molecule has 0 aromatic carbocycles. The fraction of sp³-hybridized carbons (Fsp3) is 0.960. The largest absolute Gasteiger partial charge is 0.379 e. The summed E-state index contributed by atoms with van der Waals surface area (Å²) in [7, 11) is 8.00. The molecule has 0 aliphatic heterocycles. The van der Waals surface area contributed by atoms with Crippen LogP contribution < -0.4 is 0 Å². The molecule has 0 unspecified atom stereocenters. The first-order valence-corrected chi connectivity index (χ1v) is 11.5. The Bertz CT molecular complexity index is 500. The standard InChI is InChI=1S/C23H46BNO3.C2H6/c1-19(2,3)17-25(21(6,7)16-20(4,5)24)18(26)15-23(10,11)28-14-13-22(8,9)27-12;1-2/h13-17H2,1-12H3;1-2H3. The zero-order chi connectivity index (χ0) is 24.6. The fourth-order valence-electron chi connectivity index (χ4n) is 3.51. The Morgan fingerprint density at radius 3 is 1.70 bits per heavy atom. The highest BCUT2D eigenvalue weighted by Gasteiger charge is 2.38. The summed E-state index contributed by atoms with van der Waals surface area (Å²) in [5.74, 6) is 0.111. The molecule has 4 nitrogen and oxygen atoms in total. The Morgan fingerprint density at radius 1 is 0.867 bits per heavy atom. The van der Waals surface area contributed by atoms with Gasteiger partial charge in [0.05, 0.1) is 32.1 Å². The van der Waals surface area contributed by atoms with E-state index in [1.807, 2.05) is 60.3 Å². The van der Waals surface area contributed by atoms with Gasteiger partial charge in [-0.3, -0.25) is 4.79 Å². The smallest absolute Gasteiger partial charge is 0.225 e. The van der Waals surface area contributed by atoms with E-state index in [1.54, 1.807) is 7.11 Å². The maximum atomic E-state index is 13.4. The lowest BCUT2D eigenvalue weighted by Crippen LogP contribution is -2.53. The van der Waals surface area contributed by atoms with E-state index in [0.717, 1.165) is 12.8 Å². The van der Waals surface area contributed by atoms with Gasteiger partial charge in [-0.15, -0.1) is 0 Å².